The maximum absolute atomic E-state index is 13.8. The Balaban J connectivity index is 0.000000194. The van der Waals surface area contributed by atoms with Crippen molar-refractivity contribution in [1.82, 2.24) is 19.9 Å². The average Bonchev–Trinajstić information content (AvgIpc) is 2.94. The number of aromatic nitrogens is 4. The molecule has 2 aromatic heterocycles. The van der Waals surface area contributed by atoms with Crippen LogP contribution in [0.5, 0.6) is 5.75 Å². The minimum atomic E-state index is -0.448. The van der Waals surface area contributed by atoms with E-state index in [0.717, 1.165) is 43.3 Å². The Morgan fingerprint density at radius 2 is 1.60 bits per heavy atom. The molecule has 2 N–H and O–H groups in total. The van der Waals surface area contributed by atoms with E-state index in [1.807, 2.05) is 55.4 Å². The minimum Gasteiger partial charge on any atom is -0.494 e. The topological polar surface area (TPSA) is 91.3 Å². The van der Waals surface area contributed by atoms with Gasteiger partial charge in [0.2, 0.25) is 11.2 Å². The van der Waals surface area contributed by atoms with E-state index >= 15 is 0 Å². The number of halogens is 3. The molecule has 1 aliphatic heterocycles. The molecule has 210 valence electrons. The first-order chi connectivity index (χ1) is 19.3. The molecule has 1 fully saturated rings. The summed E-state index contributed by atoms with van der Waals surface area (Å²) >= 11 is 12.0. The number of anilines is 6. The van der Waals surface area contributed by atoms with E-state index in [2.05, 4.69) is 35.5 Å². The predicted molar refractivity (Wildman–Crippen MR) is 160 cm³/mol. The second-order valence-corrected chi connectivity index (χ2v) is 9.89. The van der Waals surface area contributed by atoms with Crippen molar-refractivity contribution in [2.24, 2.45) is 0 Å². The van der Waals surface area contributed by atoms with Gasteiger partial charge in [-0.25, -0.2) is 19.3 Å². The van der Waals surface area contributed by atoms with Crippen LogP contribution in [0.1, 0.15) is 19.3 Å². The molecular formula is C28H31Cl2FN8O. The zero-order valence-corrected chi connectivity index (χ0v) is 24.0. The van der Waals surface area contributed by atoms with Crippen LogP contribution in [0, 0.1) is 5.82 Å². The highest BCUT2D eigenvalue weighted by molar-refractivity contribution is 6.29. The number of ether oxygens (including phenoxy) is 1. The van der Waals surface area contributed by atoms with Gasteiger partial charge in [-0.3, -0.25) is 0 Å². The quantitative estimate of drug-likeness (QED) is 0.177. The van der Waals surface area contributed by atoms with Crippen molar-refractivity contribution in [3.63, 3.8) is 0 Å². The van der Waals surface area contributed by atoms with Crippen molar-refractivity contribution in [3.8, 4) is 5.75 Å². The lowest BCUT2D eigenvalue weighted by atomic mass is 10.1. The lowest BCUT2D eigenvalue weighted by Crippen LogP contribution is -2.30. The van der Waals surface area contributed by atoms with Gasteiger partial charge in [0.15, 0.2) is 11.6 Å². The number of nitrogens with zero attached hydrogens (tertiary/aromatic N) is 6. The molecule has 1 aliphatic rings. The molecule has 3 heterocycles. The number of hydrogen-bond acceptors (Lipinski definition) is 9. The summed E-state index contributed by atoms with van der Waals surface area (Å²) in [6.07, 6.45) is 3.54. The Morgan fingerprint density at radius 1 is 0.850 bits per heavy atom. The summed E-state index contributed by atoms with van der Waals surface area (Å²) in [6.45, 7) is 1.92. The predicted octanol–water partition coefficient (Wildman–Crippen LogP) is 6.95. The minimum absolute atomic E-state index is 0.191. The van der Waals surface area contributed by atoms with Crippen molar-refractivity contribution in [3.05, 3.63) is 76.9 Å². The molecule has 0 bridgehead atoms. The van der Waals surface area contributed by atoms with Gasteiger partial charge in [0.25, 0.3) is 0 Å². The van der Waals surface area contributed by atoms with E-state index in [1.165, 1.54) is 19.6 Å². The number of hydrogen-bond donors (Lipinski definition) is 2. The molecule has 0 aliphatic carbocycles. The van der Waals surface area contributed by atoms with Gasteiger partial charge in [-0.05, 0) is 55.1 Å². The maximum Gasteiger partial charge on any atom is 0.230 e. The maximum atomic E-state index is 13.8. The van der Waals surface area contributed by atoms with Crippen LogP contribution in [0.3, 0.4) is 0 Å². The first-order valence-electron chi connectivity index (χ1n) is 12.7. The van der Waals surface area contributed by atoms with E-state index in [0.29, 0.717) is 22.6 Å². The number of nitrogens with one attached hydrogen (secondary N) is 2. The Kier molecular flexibility index (Phi) is 10.2. The van der Waals surface area contributed by atoms with Gasteiger partial charge in [-0.2, -0.15) is 4.98 Å². The van der Waals surface area contributed by atoms with Crippen molar-refractivity contribution < 1.29 is 9.13 Å². The molecule has 0 unspecified atom stereocenters. The Morgan fingerprint density at radius 3 is 2.27 bits per heavy atom. The number of para-hydroxylation sites is 1. The van der Waals surface area contributed by atoms with Crippen LogP contribution in [0.2, 0.25) is 10.4 Å². The third kappa shape index (κ3) is 8.30. The van der Waals surface area contributed by atoms with E-state index in [-0.39, 0.29) is 11.0 Å². The number of benzene rings is 2. The summed E-state index contributed by atoms with van der Waals surface area (Å²) in [7, 11) is 5.24. The standard InChI is InChI=1S/C16H18ClFN4O.C12H13ClN4/c1-23-13-6-5-11(9-12(13)18)19-16-20-14(17)10-15(21-16)22-7-3-2-4-8-22;1-17(2)11-8-10(15-12(13)16-11)14-9-6-4-3-5-7-9/h5-6,9-10H,2-4,7-8H2,1H3,(H,19,20,21);3-8H,1-2H3,(H,14,15,16). The molecule has 0 spiro atoms. The van der Waals surface area contributed by atoms with Crippen LogP contribution in [-0.4, -0.2) is 54.2 Å². The molecule has 2 aromatic carbocycles. The smallest absolute Gasteiger partial charge is 0.230 e. The second-order valence-electron chi connectivity index (χ2n) is 9.16. The fraction of sp³-hybridized carbons (Fsp3) is 0.286. The van der Waals surface area contributed by atoms with Gasteiger partial charge in [0, 0.05) is 56.8 Å². The largest absolute Gasteiger partial charge is 0.494 e. The fourth-order valence-electron chi connectivity index (χ4n) is 3.99. The van der Waals surface area contributed by atoms with Gasteiger partial charge in [0.05, 0.1) is 7.11 Å². The molecule has 9 nitrogen and oxygen atoms in total. The van der Waals surface area contributed by atoms with Crippen molar-refractivity contribution >= 4 is 58.0 Å². The zero-order valence-electron chi connectivity index (χ0n) is 22.5. The second kappa shape index (κ2) is 14.0. The molecular weight excluding hydrogens is 554 g/mol. The highest BCUT2D eigenvalue weighted by atomic mass is 35.5. The van der Waals surface area contributed by atoms with Crippen molar-refractivity contribution in [2.75, 3.05) is 54.7 Å². The summed E-state index contributed by atoms with van der Waals surface area (Å²) in [5.41, 5.74) is 1.50. The lowest BCUT2D eigenvalue weighted by Gasteiger charge is -2.27. The Labute approximate surface area is 243 Å². The summed E-state index contributed by atoms with van der Waals surface area (Å²) in [5, 5.41) is 6.75. The normalized spacial score (nSPS) is 12.7. The molecule has 40 heavy (non-hydrogen) atoms. The SMILES string of the molecule is CN(C)c1cc(Nc2ccccc2)nc(Cl)n1.COc1ccc(Nc2nc(Cl)cc(N3CCCCC3)n2)cc1F. The molecule has 4 aromatic rings. The van der Waals surface area contributed by atoms with E-state index in [9.17, 15) is 4.39 Å². The molecule has 0 saturated carbocycles. The molecule has 0 radical (unpaired) electrons. The van der Waals surface area contributed by atoms with Crippen LogP contribution in [0.25, 0.3) is 0 Å². The van der Waals surface area contributed by atoms with Gasteiger partial charge in [0.1, 0.15) is 22.6 Å². The van der Waals surface area contributed by atoms with E-state index in [4.69, 9.17) is 27.9 Å². The van der Waals surface area contributed by atoms with Gasteiger partial charge >= 0.3 is 0 Å². The van der Waals surface area contributed by atoms with Crippen LogP contribution >= 0.6 is 23.2 Å². The number of piperidine rings is 1. The zero-order chi connectivity index (χ0) is 28.5. The van der Waals surface area contributed by atoms with E-state index < -0.39 is 5.82 Å². The highest BCUT2D eigenvalue weighted by Crippen LogP contribution is 2.26. The van der Waals surface area contributed by atoms with Crippen LogP contribution in [-0.2, 0) is 0 Å². The van der Waals surface area contributed by atoms with Crippen LogP contribution in [0.4, 0.5) is 39.2 Å². The number of rotatable bonds is 7. The van der Waals surface area contributed by atoms with Crippen molar-refractivity contribution in [2.45, 2.75) is 19.3 Å². The first kappa shape index (κ1) is 29.1. The summed E-state index contributed by atoms with van der Waals surface area (Å²) in [4.78, 5) is 21.0. The average molecular weight is 586 g/mol. The van der Waals surface area contributed by atoms with Gasteiger partial charge in [-0.15, -0.1) is 0 Å². The first-order valence-corrected chi connectivity index (χ1v) is 13.5. The molecule has 5 rings (SSSR count). The highest BCUT2D eigenvalue weighted by Gasteiger charge is 2.15. The van der Waals surface area contributed by atoms with Gasteiger partial charge in [-0.1, -0.05) is 29.8 Å². The van der Waals surface area contributed by atoms with E-state index in [1.54, 1.807) is 18.2 Å². The lowest BCUT2D eigenvalue weighted by molar-refractivity contribution is 0.386. The number of methoxy groups -OCH3 is 1. The summed E-state index contributed by atoms with van der Waals surface area (Å²) in [6, 6.07) is 18.0. The Bertz CT molecular complexity index is 1400. The van der Waals surface area contributed by atoms with Crippen LogP contribution in [0.15, 0.2) is 60.7 Å². The third-order valence-corrected chi connectivity index (χ3v) is 6.32. The molecule has 1 saturated heterocycles. The molecule has 12 heteroatoms. The fourth-order valence-corrected chi connectivity index (χ4v) is 4.34. The molecule has 0 amide bonds. The molecule has 0 atom stereocenters. The van der Waals surface area contributed by atoms with Gasteiger partial charge < -0.3 is 25.2 Å². The Hall–Kier alpha value is -3.89. The monoisotopic (exact) mass is 584 g/mol. The summed E-state index contributed by atoms with van der Waals surface area (Å²) in [5.74, 6) is 2.33. The van der Waals surface area contributed by atoms with Crippen LogP contribution < -0.4 is 25.2 Å². The summed E-state index contributed by atoms with van der Waals surface area (Å²) < 4.78 is 18.7. The third-order valence-electron chi connectivity index (χ3n) is 5.96. The van der Waals surface area contributed by atoms with Crippen molar-refractivity contribution in [1.29, 1.82) is 0 Å².